The number of hydrogen-bond acceptors (Lipinski definition) is 4. The summed E-state index contributed by atoms with van der Waals surface area (Å²) in [5.74, 6) is 0.818. The number of carbonyl (C=O) groups is 1. The highest BCUT2D eigenvalue weighted by molar-refractivity contribution is 5.77. The molecule has 2 bridgehead atoms. The maximum Gasteiger partial charge on any atom is 0.234 e. The number of carbonyl (C=O) groups excluding carboxylic acids is 1. The van der Waals surface area contributed by atoms with Gasteiger partial charge in [-0.3, -0.25) is 4.79 Å². The zero-order chi connectivity index (χ0) is 12.1. The summed E-state index contributed by atoms with van der Waals surface area (Å²) in [6, 6.07) is 0.530. The van der Waals surface area contributed by atoms with Crippen molar-refractivity contribution >= 4 is 5.91 Å². The summed E-state index contributed by atoms with van der Waals surface area (Å²) in [5.41, 5.74) is 0. The molecule has 2 saturated heterocycles. The minimum absolute atomic E-state index is 0.0717. The van der Waals surface area contributed by atoms with E-state index in [1.807, 2.05) is 0 Å². The van der Waals surface area contributed by atoms with E-state index in [2.05, 4.69) is 15.5 Å². The first-order chi connectivity index (χ1) is 8.29. The second kappa shape index (κ2) is 6.33. The maximum atomic E-state index is 11.5. The molecule has 3 unspecified atom stereocenters. The van der Waals surface area contributed by atoms with E-state index < -0.39 is 0 Å². The third-order valence-electron chi connectivity index (χ3n) is 3.79. The van der Waals surface area contributed by atoms with Gasteiger partial charge in [-0.25, -0.2) is 0 Å². The van der Waals surface area contributed by atoms with Crippen molar-refractivity contribution in [1.29, 1.82) is 0 Å². The molecule has 0 spiro atoms. The standard InChI is InChI=1S/C12H23N3O2/c1-17-7-4-13-12(16)8-14-11-3-6-15-5-2-10(11)9-15/h10-11,14H,2-9H2,1H3,(H,13,16). The molecule has 2 fully saturated rings. The van der Waals surface area contributed by atoms with Crippen LogP contribution < -0.4 is 10.6 Å². The summed E-state index contributed by atoms with van der Waals surface area (Å²) in [6.45, 7) is 5.24. The van der Waals surface area contributed by atoms with Gasteiger partial charge in [-0.05, 0) is 31.8 Å². The van der Waals surface area contributed by atoms with Crippen molar-refractivity contribution < 1.29 is 9.53 Å². The Labute approximate surface area is 103 Å². The van der Waals surface area contributed by atoms with Gasteiger partial charge >= 0.3 is 0 Å². The molecule has 0 radical (unpaired) electrons. The van der Waals surface area contributed by atoms with Crippen molar-refractivity contribution in [3.63, 3.8) is 0 Å². The van der Waals surface area contributed by atoms with Crippen LogP contribution in [0.4, 0.5) is 0 Å². The van der Waals surface area contributed by atoms with Crippen LogP contribution in [0.15, 0.2) is 0 Å². The molecule has 1 amide bonds. The van der Waals surface area contributed by atoms with Gasteiger partial charge in [-0.15, -0.1) is 0 Å². The molecule has 0 saturated carbocycles. The summed E-state index contributed by atoms with van der Waals surface area (Å²) in [5, 5.41) is 6.23. The van der Waals surface area contributed by atoms with Crippen molar-refractivity contribution in [1.82, 2.24) is 15.5 Å². The van der Waals surface area contributed by atoms with E-state index in [0.717, 1.165) is 5.92 Å². The van der Waals surface area contributed by atoms with Crippen LogP contribution in [-0.2, 0) is 9.53 Å². The van der Waals surface area contributed by atoms with Crippen molar-refractivity contribution in [2.45, 2.75) is 18.9 Å². The van der Waals surface area contributed by atoms with E-state index >= 15 is 0 Å². The van der Waals surface area contributed by atoms with E-state index in [0.29, 0.717) is 25.7 Å². The lowest BCUT2D eigenvalue weighted by atomic mass is 9.94. The molecule has 0 aromatic heterocycles. The fraction of sp³-hybridized carbons (Fsp3) is 0.917. The highest BCUT2D eigenvalue weighted by Gasteiger charge is 2.33. The van der Waals surface area contributed by atoms with E-state index in [1.54, 1.807) is 7.11 Å². The summed E-state index contributed by atoms with van der Waals surface area (Å²) in [7, 11) is 1.64. The van der Waals surface area contributed by atoms with Crippen LogP contribution in [0.2, 0.25) is 0 Å². The number of methoxy groups -OCH3 is 1. The van der Waals surface area contributed by atoms with Gasteiger partial charge in [0.05, 0.1) is 13.2 Å². The molecule has 2 N–H and O–H groups in total. The second-order valence-electron chi connectivity index (χ2n) is 4.97. The van der Waals surface area contributed by atoms with E-state index in [1.165, 1.54) is 32.5 Å². The van der Waals surface area contributed by atoms with Crippen LogP contribution in [0.1, 0.15) is 12.8 Å². The molecular weight excluding hydrogens is 218 g/mol. The minimum Gasteiger partial charge on any atom is -0.383 e. The molecule has 0 aromatic carbocycles. The topological polar surface area (TPSA) is 53.6 Å². The third kappa shape index (κ3) is 3.66. The summed E-state index contributed by atoms with van der Waals surface area (Å²) in [4.78, 5) is 14.0. The molecule has 5 heteroatoms. The Balaban J connectivity index is 1.62. The first kappa shape index (κ1) is 12.8. The second-order valence-corrected chi connectivity index (χ2v) is 4.97. The van der Waals surface area contributed by atoms with Gasteiger partial charge < -0.3 is 20.3 Å². The van der Waals surface area contributed by atoms with Gasteiger partial charge in [-0.1, -0.05) is 0 Å². The van der Waals surface area contributed by atoms with E-state index in [4.69, 9.17) is 4.74 Å². The van der Waals surface area contributed by atoms with Crippen LogP contribution in [0.5, 0.6) is 0 Å². The molecule has 2 heterocycles. The number of nitrogens with one attached hydrogen (secondary N) is 2. The van der Waals surface area contributed by atoms with Crippen LogP contribution in [0.25, 0.3) is 0 Å². The van der Waals surface area contributed by atoms with E-state index in [9.17, 15) is 4.79 Å². The lowest BCUT2D eigenvalue weighted by Gasteiger charge is -2.30. The molecule has 17 heavy (non-hydrogen) atoms. The normalized spacial score (nSPS) is 31.5. The van der Waals surface area contributed by atoms with Gasteiger partial charge in [0.1, 0.15) is 0 Å². The monoisotopic (exact) mass is 241 g/mol. The zero-order valence-corrected chi connectivity index (χ0v) is 10.6. The first-order valence-electron chi connectivity index (χ1n) is 6.51. The van der Waals surface area contributed by atoms with Crippen LogP contribution in [0.3, 0.4) is 0 Å². The Kier molecular flexibility index (Phi) is 4.76. The summed E-state index contributed by atoms with van der Waals surface area (Å²) in [6.07, 6.45) is 2.46. The fourth-order valence-electron chi connectivity index (χ4n) is 2.80. The average Bonchev–Trinajstić information content (AvgIpc) is 2.71. The fourth-order valence-corrected chi connectivity index (χ4v) is 2.80. The molecular formula is C12H23N3O2. The molecule has 2 aliphatic rings. The van der Waals surface area contributed by atoms with E-state index in [-0.39, 0.29) is 5.91 Å². The number of fused-ring (bicyclic) bond motifs is 2. The Bertz CT molecular complexity index is 260. The van der Waals surface area contributed by atoms with Crippen molar-refractivity contribution in [3.8, 4) is 0 Å². The SMILES string of the molecule is COCCNC(=O)CNC1CCN2CCC1C2. The first-order valence-corrected chi connectivity index (χ1v) is 6.51. The molecule has 0 aliphatic carbocycles. The van der Waals surface area contributed by atoms with Crippen molar-refractivity contribution in [2.24, 2.45) is 5.92 Å². The van der Waals surface area contributed by atoms with Gasteiger partial charge in [0.25, 0.3) is 0 Å². The van der Waals surface area contributed by atoms with Gasteiger partial charge in [0.15, 0.2) is 0 Å². The van der Waals surface area contributed by atoms with Crippen molar-refractivity contribution in [2.75, 3.05) is 46.4 Å². The summed E-state index contributed by atoms with van der Waals surface area (Å²) < 4.78 is 4.89. The highest BCUT2D eigenvalue weighted by atomic mass is 16.5. The van der Waals surface area contributed by atoms with Gasteiger partial charge in [0.2, 0.25) is 5.91 Å². The number of amides is 1. The highest BCUT2D eigenvalue weighted by Crippen LogP contribution is 2.26. The predicted octanol–water partition coefficient (Wildman–Crippen LogP) is -0.567. The molecule has 2 aliphatic heterocycles. The Morgan fingerprint density at radius 3 is 3.06 bits per heavy atom. The third-order valence-corrected chi connectivity index (χ3v) is 3.79. The quantitative estimate of drug-likeness (QED) is 0.612. The minimum atomic E-state index is 0.0717. The lowest BCUT2D eigenvalue weighted by molar-refractivity contribution is -0.120. The number of hydrogen-bond donors (Lipinski definition) is 2. The maximum absolute atomic E-state index is 11.5. The van der Waals surface area contributed by atoms with Crippen molar-refractivity contribution in [3.05, 3.63) is 0 Å². The zero-order valence-electron chi connectivity index (χ0n) is 10.6. The Morgan fingerprint density at radius 2 is 2.24 bits per heavy atom. The van der Waals surface area contributed by atoms with Crippen LogP contribution in [0, 0.1) is 5.92 Å². The Hall–Kier alpha value is -0.650. The number of piperidine rings is 1. The number of rotatable bonds is 6. The predicted molar refractivity (Wildman–Crippen MR) is 65.8 cm³/mol. The molecule has 98 valence electrons. The number of nitrogens with zero attached hydrogens (tertiary/aromatic N) is 1. The lowest BCUT2D eigenvalue weighted by Crippen LogP contribution is -2.47. The van der Waals surface area contributed by atoms with Crippen LogP contribution in [-0.4, -0.2) is 63.3 Å². The largest absolute Gasteiger partial charge is 0.383 e. The molecule has 3 atom stereocenters. The molecule has 2 rings (SSSR count). The average molecular weight is 241 g/mol. The smallest absolute Gasteiger partial charge is 0.234 e. The summed E-state index contributed by atoms with van der Waals surface area (Å²) >= 11 is 0. The Morgan fingerprint density at radius 1 is 1.41 bits per heavy atom. The molecule has 5 nitrogen and oxygen atoms in total. The van der Waals surface area contributed by atoms with Gasteiger partial charge in [-0.2, -0.15) is 0 Å². The molecule has 0 aromatic rings. The number of ether oxygens (including phenoxy) is 1. The van der Waals surface area contributed by atoms with Gasteiger partial charge in [0, 0.05) is 26.2 Å². The van der Waals surface area contributed by atoms with Crippen LogP contribution >= 0.6 is 0 Å².